The molecule has 230 valence electrons. The molecule has 14 heteroatoms. The van der Waals surface area contributed by atoms with Gasteiger partial charge in [0.25, 0.3) is 21.4 Å². The number of benzene rings is 5. The number of nitrogens with zero attached hydrogens (tertiary/aromatic N) is 4. The Balaban J connectivity index is 1.28. The Hall–Kier alpha value is -6.15. The first-order valence-electron chi connectivity index (χ1n) is 13.8. The van der Waals surface area contributed by atoms with Crippen LogP contribution in [-0.2, 0) is 27.8 Å². The van der Waals surface area contributed by atoms with E-state index in [1.165, 1.54) is 48.5 Å². The van der Waals surface area contributed by atoms with Gasteiger partial charge in [0.05, 0.1) is 33.7 Å². The van der Waals surface area contributed by atoms with Crippen LogP contribution in [0.4, 0.5) is 33.2 Å². The van der Waals surface area contributed by atoms with E-state index in [9.17, 15) is 38.2 Å². The Kier molecular flexibility index (Phi) is 7.63. The van der Waals surface area contributed by atoms with Crippen LogP contribution in [0.2, 0.25) is 0 Å². The van der Waals surface area contributed by atoms with Gasteiger partial charge in [-0.1, -0.05) is 66.7 Å². The van der Waals surface area contributed by atoms with E-state index in [2.05, 4.69) is 5.32 Å². The molecule has 1 aliphatic rings. The Morgan fingerprint density at radius 3 is 2.22 bits per heavy atom. The van der Waals surface area contributed by atoms with Gasteiger partial charge in [0.15, 0.2) is 0 Å². The van der Waals surface area contributed by atoms with Crippen LogP contribution in [0.1, 0.15) is 11.1 Å². The molecule has 5 aromatic rings. The molecule has 0 radical (unpaired) electrons. The van der Waals surface area contributed by atoms with Crippen LogP contribution in [0.3, 0.4) is 0 Å². The minimum Gasteiger partial charge on any atom is -0.352 e. The lowest BCUT2D eigenvalue weighted by Crippen LogP contribution is -2.49. The Morgan fingerprint density at radius 1 is 0.783 bits per heavy atom. The first kappa shape index (κ1) is 29.9. The molecule has 0 spiro atoms. The Morgan fingerprint density at radius 2 is 1.48 bits per heavy atom. The van der Waals surface area contributed by atoms with Gasteiger partial charge in [-0.05, 0) is 52.2 Å². The predicted octanol–water partition coefficient (Wildman–Crippen LogP) is 5.98. The van der Waals surface area contributed by atoms with E-state index in [1.54, 1.807) is 0 Å². The molecular weight excluding hydrogens is 614 g/mol. The topological polar surface area (TPSA) is 173 Å². The molecule has 0 bridgehead atoms. The summed E-state index contributed by atoms with van der Waals surface area (Å²) < 4.78 is 27.9. The highest BCUT2D eigenvalue weighted by Crippen LogP contribution is 2.44. The van der Waals surface area contributed by atoms with E-state index in [-0.39, 0.29) is 34.3 Å². The van der Waals surface area contributed by atoms with Crippen LogP contribution < -0.4 is 14.5 Å². The van der Waals surface area contributed by atoms with Crippen molar-refractivity contribution in [2.45, 2.75) is 17.9 Å². The summed E-state index contributed by atoms with van der Waals surface area (Å²) in [4.78, 5) is 48.7. The molecular formula is C32H23N5O8S. The van der Waals surface area contributed by atoms with Gasteiger partial charge in [-0.3, -0.25) is 29.9 Å². The van der Waals surface area contributed by atoms with Gasteiger partial charge in [-0.25, -0.2) is 13.2 Å². The first-order chi connectivity index (χ1) is 22.1. The van der Waals surface area contributed by atoms with Crippen LogP contribution in [0.15, 0.2) is 114 Å². The highest BCUT2D eigenvalue weighted by molar-refractivity contribution is 7.94. The maximum Gasteiger partial charge on any atom is 0.348 e. The number of carbonyl (C=O) groups is 2. The van der Waals surface area contributed by atoms with Crippen LogP contribution in [-0.4, -0.2) is 30.2 Å². The summed E-state index contributed by atoms with van der Waals surface area (Å²) >= 11 is 0. The minimum absolute atomic E-state index is 0.0182. The number of amides is 3. The zero-order valence-corrected chi connectivity index (χ0v) is 24.6. The molecule has 1 N–H and O–H groups in total. The molecule has 1 heterocycles. The summed E-state index contributed by atoms with van der Waals surface area (Å²) in [6.07, 6.45) is -0.0182. The van der Waals surface area contributed by atoms with Crippen LogP contribution in [0.5, 0.6) is 0 Å². The number of carbonyl (C=O) groups excluding carboxylic acids is 2. The standard InChI is InChI=1S/C32H23N5O8S/c38-31(33-20-23-8-5-7-22-6-1-2-9-26(22)23)18-21-12-14-24(15-13-21)35-32(39)34(28-10-3-4-11-30(28)46(35,44)45)27-17-16-25(36(40)41)19-29(27)37(42)43/h1-17,19H,18,20H2,(H,33,38). The summed E-state index contributed by atoms with van der Waals surface area (Å²) in [6, 6.07) is 26.4. The molecule has 0 saturated carbocycles. The summed E-state index contributed by atoms with van der Waals surface area (Å²) in [6.45, 7) is 0.308. The fourth-order valence-electron chi connectivity index (χ4n) is 5.34. The summed E-state index contributed by atoms with van der Waals surface area (Å²) in [5.41, 5.74) is -0.421. The number of nitro benzene ring substituents is 2. The molecule has 0 aromatic heterocycles. The quantitative estimate of drug-likeness (QED) is 0.160. The third kappa shape index (κ3) is 5.37. The van der Waals surface area contributed by atoms with Crippen molar-refractivity contribution in [2.75, 3.05) is 9.21 Å². The Bertz CT molecular complexity index is 2160. The summed E-state index contributed by atoms with van der Waals surface area (Å²) in [5.74, 6) is -0.270. The van der Waals surface area contributed by atoms with E-state index < -0.39 is 37.3 Å². The second-order valence-electron chi connectivity index (χ2n) is 10.3. The maximum atomic E-state index is 13.9. The van der Waals surface area contributed by atoms with Crippen molar-refractivity contribution < 1.29 is 27.9 Å². The van der Waals surface area contributed by atoms with Crippen LogP contribution in [0, 0.1) is 20.2 Å². The van der Waals surface area contributed by atoms with Crippen molar-refractivity contribution in [1.82, 2.24) is 5.32 Å². The van der Waals surface area contributed by atoms with Crippen molar-refractivity contribution in [1.29, 1.82) is 0 Å². The molecule has 13 nitrogen and oxygen atoms in total. The van der Waals surface area contributed by atoms with Gasteiger partial charge in [-0.2, -0.15) is 4.31 Å². The lowest BCUT2D eigenvalue weighted by atomic mass is 10.0. The van der Waals surface area contributed by atoms with E-state index >= 15 is 0 Å². The molecule has 6 rings (SSSR count). The number of rotatable bonds is 8. The fraction of sp³-hybridized carbons (Fsp3) is 0.0625. The average Bonchev–Trinajstić information content (AvgIpc) is 3.04. The van der Waals surface area contributed by atoms with Crippen LogP contribution in [0.25, 0.3) is 10.8 Å². The summed E-state index contributed by atoms with van der Waals surface area (Å²) in [5, 5.41) is 28.2. The van der Waals surface area contributed by atoms with Crippen molar-refractivity contribution in [3.8, 4) is 0 Å². The molecule has 0 aliphatic carbocycles. The smallest absolute Gasteiger partial charge is 0.348 e. The van der Waals surface area contributed by atoms with Gasteiger partial charge in [0.2, 0.25) is 5.91 Å². The molecule has 0 fully saturated rings. The van der Waals surface area contributed by atoms with Gasteiger partial charge in [0.1, 0.15) is 10.6 Å². The number of urea groups is 1. The Labute approximate surface area is 261 Å². The van der Waals surface area contributed by atoms with E-state index in [0.29, 0.717) is 22.5 Å². The number of para-hydroxylation sites is 1. The molecule has 0 unspecified atom stereocenters. The number of hydrogen-bond donors (Lipinski definition) is 1. The zero-order valence-electron chi connectivity index (χ0n) is 23.8. The van der Waals surface area contributed by atoms with Gasteiger partial charge < -0.3 is 5.32 Å². The normalized spacial score (nSPS) is 13.7. The predicted molar refractivity (Wildman–Crippen MR) is 169 cm³/mol. The molecule has 5 aromatic carbocycles. The second-order valence-corrected chi connectivity index (χ2v) is 12.1. The summed E-state index contributed by atoms with van der Waals surface area (Å²) in [7, 11) is -4.49. The van der Waals surface area contributed by atoms with Gasteiger partial charge in [-0.15, -0.1) is 0 Å². The highest BCUT2D eigenvalue weighted by atomic mass is 32.2. The van der Waals surface area contributed by atoms with Crippen molar-refractivity contribution in [2.24, 2.45) is 0 Å². The van der Waals surface area contributed by atoms with Crippen molar-refractivity contribution in [3.05, 3.63) is 141 Å². The number of non-ortho nitro benzene ring substituents is 1. The molecule has 1 aliphatic heterocycles. The first-order valence-corrected chi connectivity index (χ1v) is 15.2. The number of hydrogen-bond acceptors (Lipinski definition) is 8. The van der Waals surface area contributed by atoms with Crippen LogP contribution >= 0.6 is 0 Å². The largest absolute Gasteiger partial charge is 0.352 e. The average molecular weight is 638 g/mol. The monoisotopic (exact) mass is 637 g/mol. The molecule has 0 atom stereocenters. The number of nitro groups is 2. The lowest BCUT2D eigenvalue weighted by molar-refractivity contribution is -0.393. The fourth-order valence-corrected chi connectivity index (χ4v) is 6.89. The van der Waals surface area contributed by atoms with Crippen molar-refractivity contribution in [3.63, 3.8) is 0 Å². The maximum absolute atomic E-state index is 13.9. The van der Waals surface area contributed by atoms with E-state index in [0.717, 1.165) is 33.4 Å². The zero-order chi connectivity index (χ0) is 32.6. The number of nitrogens with one attached hydrogen (secondary N) is 1. The highest BCUT2D eigenvalue weighted by Gasteiger charge is 2.45. The minimum atomic E-state index is -4.49. The number of anilines is 3. The third-order valence-electron chi connectivity index (χ3n) is 7.49. The number of sulfonamides is 1. The SMILES string of the molecule is O=C(Cc1ccc(N2C(=O)N(c3ccc([N+](=O)[O-])cc3[N+](=O)[O-])c3ccccc3S2(=O)=O)cc1)NCc1cccc2ccccc12. The lowest BCUT2D eigenvalue weighted by Gasteiger charge is -2.35. The van der Waals surface area contributed by atoms with Gasteiger partial charge in [0, 0.05) is 12.6 Å². The molecule has 3 amide bonds. The third-order valence-corrected chi connectivity index (χ3v) is 9.24. The van der Waals surface area contributed by atoms with E-state index in [4.69, 9.17) is 0 Å². The molecule has 0 saturated heterocycles. The van der Waals surface area contributed by atoms with E-state index in [1.807, 2.05) is 42.5 Å². The van der Waals surface area contributed by atoms with Crippen molar-refractivity contribution >= 4 is 61.2 Å². The molecule has 46 heavy (non-hydrogen) atoms. The number of fused-ring (bicyclic) bond motifs is 2. The second kappa shape index (κ2) is 11.7. The van der Waals surface area contributed by atoms with Gasteiger partial charge >= 0.3 is 6.03 Å².